The molecule has 2 rings (SSSR count). The van der Waals surface area contributed by atoms with Crippen LogP contribution in [0.25, 0.3) is 6.08 Å². The van der Waals surface area contributed by atoms with Gasteiger partial charge in [0.1, 0.15) is 9.88 Å². The highest BCUT2D eigenvalue weighted by atomic mass is 32.1. The molecule has 0 aliphatic carbocycles. The first kappa shape index (κ1) is 19.4. The fourth-order valence-corrected chi connectivity index (χ4v) is 3.32. The maximum absolute atomic E-state index is 12.2. The van der Waals surface area contributed by atoms with E-state index in [0.29, 0.717) is 5.56 Å². The van der Waals surface area contributed by atoms with E-state index in [9.17, 15) is 14.4 Å². The van der Waals surface area contributed by atoms with Crippen molar-refractivity contribution in [1.29, 1.82) is 0 Å². The normalized spacial score (nSPS) is 10.6. The molecule has 0 atom stereocenters. The number of benzene rings is 1. The van der Waals surface area contributed by atoms with Gasteiger partial charge in [0.15, 0.2) is 0 Å². The fraction of sp³-hybridized carbons (Fsp3) is 0.211. The van der Waals surface area contributed by atoms with Crippen molar-refractivity contribution >= 4 is 40.3 Å². The summed E-state index contributed by atoms with van der Waals surface area (Å²) in [5.41, 5.74) is 1.44. The molecular formula is C19H19NO5S. The zero-order valence-corrected chi connectivity index (χ0v) is 15.5. The molecule has 0 aliphatic rings. The molecule has 0 bridgehead atoms. The topological polar surface area (TPSA) is 81.7 Å². The Morgan fingerprint density at radius 2 is 1.85 bits per heavy atom. The summed E-state index contributed by atoms with van der Waals surface area (Å²) in [5.74, 6) is -1.59. The Labute approximate surface area is 155 Å². The highest BCUT2D eigenvalue weighted by molar-refractivity contribution is 7.18. The van der Waals surface area contributed by atoms with Crippen molar-refractivity contribution in [2.75, 3.05) is 19.0 Å². The fourth-order valence-electron chi connectivity index (χ4n) is 2.23. The molecule has 1 N–H and O–H groups in total. The number of hydrogen-bond donors (Lipinski definition) is 1. The molecule has 0 saturated heterocycles. The van der Waals surface area contributed by atoms with Gasteiger partial charge in [-0.05, 0) is 31.1 Å². The first-order chi connectivity index (χ1) is 12.5. The van der Waals surface area contributed by atoms with Crippen LogP contribution in [0, 0.1) is 6.92 Å². The minimum absolute atomic E-state index is 0.155. The van der Waals surface area contributed by atoms with E-state index in [-0.39, 0.29) is 22.0 Å². The van der Waals surface area contributed by atoms with Gasteiger partial charge in [-0.15, -0.1) is 11.3 Å². The number of rotatable bonds is 6. The van der Waals surface area contributed by atoms with Crippen LogP contribution in [0.1, 0.15) is 38.1 Å². The van der Waals surface area contributed by atoms with Crippen LogP contribution in [0.4, 0.5) is 5.00 Å². The monoisotopic (exact) mass is 373 g/mol. The van der Waals surface area contributed by atoms with Crippen LogP contribution in [0.2, 0.25) is 0 Å². The lowest BCUT2D eigenvalue weighted by atomic mass is 10.1. The number of amides is 1. The van der Waals surface area contributed by atoms with Gasteiger partial charge in [0.05, 0.1) is 19.3 Å². The van der Waals surface area contributed by atoms with E-state index in [1.165, 1.54) is 13.2 Å². The first-order valence-electron chi connectivity index (χ1n) is 7.90. The minimum Gasteiger partial charge on any atom is -0.465 e. The lowest BCUT2D eigenvalue weighted by molar-refractivity contribution is -0.111. The van der Waals surface area contributed by atoms with Crippen molar-refractivity contribution in [3.63, 3.8) is 0 Å². The molecular weight excluding hydrogens is 354 g/mol. The number of hydrogen-bond acceptors (Lipinski definition) is 6. The van der Waals surface area contributed by atoms with Gasteiger partial charge in [-0.2, -0.15) is 0 Å². The molecule has 1 amide bonds. The quantitative estimate of drug-likeness (QED) is 0.617. The number of carbonyl (C=O) groups is 3. The molecule has 0 unspecified atom stereocenters. The minimum atomic E-state index is -0.628. The van der Waals surface area contributed by atoms with Crippen LogP contribution >= 0.6 is 11.3 Å². The van der Waals surface area contributed by atoms with Crippen LogP contribution in [0.5, 0.6) is 0 Å². The maximum atomic E-state index is 12.2. The summed E-state index contributed by atoms with van der Waals surface area (Å²) in [7, 11) is 1.24. The summed E-state index contributed by atoms with van der Waals surface area (Å²) in [6.45, 7) is 3.52. The summed E-state index contributed by atoms with van der Waals surface area (Å²) in [4.78, 5) is 36.6. The third-order valence-electron chi connectivity index (χ3n) is 3.46. The summed E-state index contributed by atoms with van der Waals surface area (Å²) in [6.07, 6.45) is 3.01. The van der Waals surface area contributed by atoms with E-state index in [1.54, 1.807) is 19.9 Å². The van der Waals surface area contributed by atoms with E-state index in [1.807, 2.05) is 30.3 Å². The molecule has 26 heavy (non-hydrogen) atoms. The van der Waals surface area contributed by atoms with Crippen LogP contribution < -0.4 is 5.32 Å². The van der Waals surface area contributed by atoms with E-state index in [2.05, 4.69) is 5.32 Å². The average molecular weight is 373 g/mol. The second kappa shape index (κ2) is 8.96. The van der Waals surface area contributed by atoms with Gasteiger partial charge in [-0.25, -0.2) is 9.59 Å². The number of anilines is 1. The first-order valence-corrected chi connectivity index (χ1v) is 8.72. The van der Waals surface area contributed by atoms with Gasteiger partial charge in [0.25, 0.3) is 0 Å². The Morgan fingerprint density at radius 1 is 1.15 bits per heavy atom. The predicted octanol–water partition coefficient (Wildman–Crippen LogP) is 3.67. The molecule has 0 spiro atoms. The molecule has 136 valence electrons. The van der Waals surface area contributed by atoms with Crippen molar-refractivity contribution < 1.29 is 23.9 Å². The van der Waals surface area contributed by atoms with Gasteiger partial charge < -0.3 is 14.8 Å². The van der Waals surface area contributed by atoms with Gasteiger partial charge in [0.2, 0.25) is 5.91 Å². The number of methoxy groups -OCH3 is 1. The van der Waals surface area contributed by atoms with Crippen LogP contribution in [-0.4, -0.2) is 31.6 Å². The average Bonchev–Trinajstić information content (AvgIpc) is 2.96. The highest BCUT2D eigenvalue weighted by Crippen LogP contribution is 2.34. The number of carbonyl (C=O) groups excluding carboxylic acids is 3. The lowest BCUT2D eigenvalue weighted by Gasteiger charge is -2.04. The lowest BCUT2D eigenvalue weighted by Crippen LogP contribution is -2.11. The van der Waals surface area contributed by atoms with Gasteiger partial charge >= 0.3 is 11.9 Å². The van der Waals surface area contributed by atoms with E-state index in [0.717, 1.165) is 16.9 Å². The predicted molar refractivity (Wildman–Crippen MR) is 100 cm³/mol. The zero-order chi connectivity index (χ0) is 19.1. The third-order valence-corrected chi connectivity index (χ3v) is 4.65. The molecule has 0 radical (unpaired) electrons. The third kappa shape index (κ3) is 4.58. The van der Waals surface area contributed by atoms with Gasteiger partial charge in [-0.1, -0.05) is 30.3 Å². The van der Waals surface area contributed by atoms with E-state index >= 15 is 0 Å². The Morgan fingerprint density at radius 3 is 2.46 bits per heavy atom. The molecule has 1 heterocycles. The molecule has 0 saturated carbocycles. The van der Waals surface area contributed by atoms with E-state index in [4.69, 9.17) is 9.47 Å². The number of thiophene rings is 1. The Balaban J connectivity index is 2.28. The zero-order valence-electron chi connectivity index (χ0n) is 14.7. The molecule has 1 aromatic heterocycles. The number of ether oxygens (including phenoxy) is 2. The summed E-state index contributed by atoms with van der Waals surface area (Å²) in [6, 6.07) is 9.32. The Kier molecular flexibility index (Phi) is 6.68. The molecule has 7 heteroatoms. The maximum Gasteiger partial charge on any atom is 0.348 e. The molecule has 0 aliphatic heterocycles. The summed E-state index contributed by atoms with van der Waals surface area (Å²) < 4.78 is 9.76. The smallest absolute Gasteiger partial charge is 0.348 e. The molecule has 2 aromatic rings. The van der Waals surface area contributed by atoms with Crippen molar-refractivity contribution in [3.05, 3.63) is 58.0 Å². The highest BCUT2D eigenvalue weighted by Gasteiger charge is 2.26. The standard InChI is InChI=1S/C19H19NO5S/c1-4-25-19(23)16-12(2)15(18(22)24-3)17(26-16)20-14(21)11-10-13-8-6-5-7-9-13/h5-11H,4H2,1-3H3,(H,20,21)/b11-10+. The van der Waals surface area contributed by atoms with Crippen molar-refractivity contribution in [1.82, 2.24) is 0 Å². The number of esters is 2. The van der Waals surface area contributed by atoms with Crippen LogP contribution in [0.3, 0.4) is 0 Å². The van der Waals surface area contributed by atoms with Gasteiger partial charge in [0, 0.05) is 6.08 Å². The Bertz CT molecular complexity index is 839. The summed E-state index contributed by atoms with van der Waals surface area (Å²) >= 11 is 0.987. The SMILES string of the molecule is CCOC(=O)c1sc(NC(=O)/C=C/c2ccccc2)c(C(=O)OC)c1C. The second-order valence-electron chi connectivity index (χ2n) is 5.21. The van der Waals surface area contributed by atoms with E-state index < -0.39 is 17.8 Å². The van der Waals surface area contributed by atoms with Crippen LogP contribution in [0.15, 0.2) is 36.4 Å². The van der Waals surface area contributed by atoms with Crippen molar-refractivity contribution in [2.45, 2.75) is 13.8 Å². The van der Waals surface area contributed by atoms with Crippen molar-refractivity contribution in [3.8, 4) is 0 Å². The second-order valence-corrected chi connectivity index (χ2v) is 6.23. The van der Waals surface area contributed by atoms with Crippen molar-refractivity contribution in [2.24, 2.45) is 0 Å². The van der Waals surface area contributed by atoms with Crippen LogP contribution in [-0.2, 0) is 14.3 Å². The molecule has 1 aromatic carbocycles. The summed E-state index contributed by atoms with van der Waals surface area (Å²) in [5, 5.41) is 2.89. The Hall–Kier alpha value is -2.93. The molecule has 6 nitrogen and oxygen atoms in total. The van der Waals surface area contributed by atoms with Gasteiger partial charge in [-0.3, -0.25) is 4.79 Å². The largest absolute Gasteiger partial charge is 0.465 e. The number of nitrogens with one attached hydrogen (secondary N) is 1. The molecule has 0 fully saturated rings.